The molecule has 1 unspecified atom stereocenters. The predicted octanol–water partition coefficient (Wildman–Crippen LogP) is 4.87. The molecule has 1 N–H and O–H groups in total. The van der Waals surface area contributed by atoms with Crippen LogP contribution in [0.5, 0.6) is 0 Å². The molecule has 1 heterocycles. The van der Waals surface area contributed by atoms with E-state index in [1.807, 2.05) is 25.1 Å². The number of nitrogens with zero attached hydrogens (tertiary/aromatic N) is 1. The lowest BCUT2D eigenvalue weighted by Gasteiger charge is -2.17. The summed E-state index contributed by atoms with van der Waals surface area (Å²) in [5, 5.41) is 3.54. The summed E-state index contributed by atoms with van der Waals surface area (Å²) >= 11 is 0. The summed E-state index contributed by atoms with van der Waals surface area (Å²) in [4.78, 5) is 4.48. The number of rotatable bonds is 4. The normalized spacial score (nSPS) is 12.5. The molecule has 0 spiro atoms. The third-order valence-corrected chi connectivity index (χ3v) is 3.77. The third kappa shape index (κ3) is 2.77. The smallest absolute Gasteiger partial charge is 0.195 e. The van der Waals surface area contributed by atoms with Gasteiger partial charge in [0.25, 0.3) is 0 Å². The molecule has 0 fully saturated rings. The van der Waals surface area contributed by atoms with Gasteiger partial charge in [-0.3, -0.25) is 0 Å². The number of fused-ring (bicyclic) bond motifs is 1. The van der Waals surface area contributed by atoms with Crippen molar-refractivity contribution in [1.82, 2.24) is 4.98 Å². The minimum atomic E-state index is 0.251. The van der Waals surface area contributed by atoms with E-state index in [-0.39, 0.29) is 6.04 Å². The van der Waals surface area contributed by atoms with E-state index in [4.69, 9.17) is 4.42 Å². The molecule has 2 aromatic carbocycles. The minimum Gasteiger partial charge on any atom is -0.441 e. The van der Waals surface area contributed by atoms with Crippen LogP contribution >= 0.6 is 0 Å². The van der Waals surface area contributed by atoms with Gasteiger partial charge in [-0.2, -0.15) is 0 Å². The van der Waals surface area contributed by atoms with Gasteiger partial charge < -0.3 is 9.73 Å². The third-order valence-electron chi connectivity index (χ3n) is 3.77. The van der Waals surface area contributed by atoms with Crippen LogP contribution in [0.25, 0.3) is 11.1 Å². The molecule has 3 rings (SSSR count). The van der Waals surface area contributed by atoms with Gasteiger partial charge in [-0.05, 0) is 43.2 Å². The number of aryl methyl sites for hydroxylation is 2. The van der Waals surface area contributed by atoms with Crippen LogP contribution in [-0.4, -0.2) is 4.98 Å². The van der Waals surface area contributed by atoms with Gasteiger partial charge in [0.1, 0.15) is 5.52 Å². The molecule has 1 atom stereocenters. The molecule has 0 aliphatic heterocycles. The van der Waals surface area contributed by atoms with Crippen molar-refractivity contribution < 1.29 is 4.42 Å². The Morgan fingerprint density at radius 2 is 2.00 bits per heavy atom. The number of hydrogen-bond donors (Lipinski definition) is 1. The zero-order valence-corrected chi connectivity index (χ0v) is 12.7. The van der Waals surface area contributed by atoms with Gasteiger partial charge in [0.05, 0.1) is 0 Å². The van der Waals surface area contributed by atoms with Gasteiger partial charge in [0.15, 0.2) is 11.5 Å². The van der Waals surface area contributed by atoms with E-state index >= 15 is 0 Å². The standard InChI is InChI=1S/C18H20N2O/c1-4-18-20-16-11-14(9-10-17(16)21-18)19-13(3)15-8-6-5-7-12(15)2/h5-11,13,19H,4H2,1-3H3. The van der Waals surface area contributed by atoms with E-state index in [1.165, 1.54) is 11.1 Å². The predicted molar refractivity (Wildman–Crippen MR) is 86.6 cm³/mol. The fourth-order valence-electron chi connectivity index (χ4n) is 2.62. The summed E-state index contributed by atoms with van der Waals surface area (Å²) in [5.41, 5.74) is 5.43. The highest BCUT2D eigenvalue weighted by Gasteiger charge is 2.09. The molecule has 3 heteroatoms. The van der Waals surface area contributed by atoms with Crippen molar-refractivity contribution in [3.63, 3.8) is 0 Å². The Balaban J connectivity index is 1.86. The van der Waals surface area contributed by atoms with E-state index in [2.05, 4.69) is 48.4 Å². The Morgan fingerprint density at radius 1 is 1.19 bits per heavy atom. The van der Waals surface area contributed by atoms with Crippen LogP contribution in [0.15, 0.2) is 46.9 Å². The Labute approximate surface area is 125 Å². The van der Waals surface area contributed by atoms with Crippen LogP contribution in [0.3, 0.4) is 0 Å². The lowest BCUT2D eigenvalue weighted by atomic mass is 10.0. The van der Waals surface area contributed by atoms with Gasteiger partial charge in [0, 0.05) is 18.2 Å². The van der Waals surface area contributed by atoms with Gasteiger partial charge in [-0.15, -0.1) is 0 Å². The number of anilines is 1. The molecule has 3 aromatic rings. The summed E-state index contributed by atoms with van der Waals surface area (Å²) in [7, 11) is 0. The summed E-state index contributed by atoms with van der Waals surface area (Å²) in [5.74, 6) is 0.786. The maximum atomic E-state index is 5.64. The lowest BCUT2D eigenvalue weighted by Crippen LogP contribution is -2.07. The van der Waals surface area contributed by atoms with Crippen LogP contribution in [0.2, 0.25) is 0 Å². The summed E-state index contributed by atoms with van der Waals surface area (Å²) < 4.78 is 5.64. The molecule has 21 heavy (non-hydrogen) atoms. The summed E-state index contributed by atoms with van der Waals surface area (Å²) in [6, 6.07) is 14.8. The Bertz CT molecular complexity index is 761. The fourth-order valence-corrected chi connectivity index (χ4v) is 2.62. The number of benzene rings is 2. The average molecular weight is 280 g/mol. The van der Waals surface area contributed by atoms with Crippen molar-refractivity contribution in [1.29, 1.82) is 0 Å². The SMILES string of the molecule is CCc1nc2cc(NC(C)c3ccccc3C)ccc2o1. The topological polar surface area (TPSA) is 38.1 Å². The van der Waals surface area contributed by atoms with E-state index in [9.17, 15) is 0 Å². The first-order chi connectivity index (χ1) is 10.2. The molecule has 3 nitrogen and oxygen atoms in total. The van der Waals surface area contributed by atoms with Crippen LogP contribution in [0.4, 0.5) is 5.69 Å². The second-order valence-electron chi connectivity index (χ2n) is 5.37. The fraction of sp³-hybridized carbons (Fsp3) is 0.278. The van der Waals surface area contributed by atoms with E-state index in [0.29, 0.717) is 0 Å². The quantitative estimate of drug-likeness (QED) is 0.740. The highest BCUT2D eigenvalue weighted by molar-refractivity contribution is 5.77. The highest BCUT2D eigenvalue weighted by Crippen LogP contribution is 2.25. The van der Waals surface area contributed by atoms with Gasteiger partial charge in [-0.25, -0.2) is 4.98 Å². The monoisotopic (exact) mass is 280 g/mol. The van der Waals surface area contributed by atoms with Gasteiger partial charge in [-0.1, -0.05) is 31.2 Å². The first-order valence-corrected chi connectivity index (χ1v) is 7.39. The molecular formula is C18H20N2O. The Morgan fingerprint density at radius 3 is 2.76 bits per heavy atom. The molecular weight excluding hydrogens is 260 g/mol. The van der Waals surface area contributed by atoms with Crippen molar-refractivity contribution in [2.24, 2.45) is 0 Å². The van der Waals surface area contributed by atoms with E-state index < -0.39 is 0 Å². The zero-order chi connectivity index (χ0) is 14.8. The molecule has 0 bridgehead atoms. The van der Waals surface area contributed by atoms with Gasteiger partial charge >= 0.3 is 0 Å². The largest absolute Gasteiger partial charge is 0.441 e. The maximum Gasteiger partial charge on any atom is 0.195 e. The number of aromatic nitrogens is 1. The van der Waals surface area contributed by atoms with Crippen molar-refractivity contribution in [3.05, 3.63) is 59.5 Å². The first kappa shape index (κ1) is 13.7. The van der Waals surface area contributed by atoms with Crippen molar-refractivity contribution in [2.45, 2.75) is 33.2 Å². The Kier molecular flexibility index (Phi) is 3.65. The highest BCUT2D eigenvalue weighted by atomic mass is 16.3. The molecule has 0 aliphatic carbocycles. The Hall–Kier alpha value is -2.29. The molecule has 0 saturated carbocycles. The van der Waals surface area contributed by atoms with Crippen LogP contribution in [-0.2, 0) is 6.42 Å². The zero-order valence-electron chi connectivity index (χ0n) is 12.7. The molecule has 108 valence electrons. The summed E-state index contributed by atoms with van der Waals surface area (Å²) in [6.07, 6.45) is 0.817. The second kappa shape index (κ2) is 5.60. The molecule has 0 amide bonds. The first-order valence-electron chi connectivity index (χ1n) is 7.39. The van der Waals surface area contributed by atoms with Crippen molar-refractivity contribution >= 4 is 16.8 Å². The minimum absolute atomic E-state index is 0.251. The average Bonchev–Trinajstić information content (AvgIpc) is 2.90. The van der Waals surface area contributed by atoms with Gasteiger partial charge in [0.2, 0.25) is 0 Å². The van der Waals surface area contributed by atoms with E-state index in [1.54, 1.807) is 0 Å². The van der Waals surface area contributed by atoms with Crippen LogP contribution in [0, 0.1) is 6.92 Å². The molecule has 0 radical (unpaired) electrons. The lowest BCUT2D eigenvalue weighted by molar-refractivity contribution is 0.538. The van der Waals surface area contributed by atoms with E-state index in [0.717, 1.165) is 29.1 Å². The maximum absolute atomic E-state index is 5.64. The molecule has 1 aromatic heterocycles. The number of nitrogens with one attached hydrogen (secondary N) is 1. The number of hydrogen-bond acceptors (Lipinski definition) is 3. The van der Waals surface area contributed by atoms with Crippen LogP contribution < -0.4 is 5.32 Å². The van der Waals surface area contributed by atoms with Crippen molar-refractivity contribution in [3.8, 4) is 0 Å². The number of oxazole rings is 1. The second-order valence-corrected chi connectivity index (χ2v) is 5.37. The van der Waals surface area contributed by atoms with Crippen molar-refractivity contribution in [2.75, 3.05) is 5.32 Å². The summed E-state index contributed by atoms with van der Waals surface area (Å²) in [6.45, 7) is 6.36. The molecule has 0 saturated heterocycles. The van der Waals surface area contributed by atoms with Crippen LogP contribution in [0.1, 0.15) is 36.9 Å². The molecule has 0 aliphatic rings.